The second-order valence-corrected chi connectivity index (χ2v) is 4.72. The lowest BCUT2D eigenvalue weighted by molar-refractivity contribution is -0.307. The Morgan fingerprint density at radius 3 is 2.67 bits per heavy atom. The summed E-state index contributed by atoms with van der Waals surface area (Å²) in [5.74, 6) is -2.88. The Kier molecular flexibility index (Phi) is 5.10. The minimum absolute atomic E-state index is 0.0574. The smallest absolute Gasteiger partial charge is 0.331 e. The summed E-state index contributed by atoms with van der Waals surface area (Å²) in [6.45, 7) is 2.71. The third-order valence-corrected chi connectivity index (χ3v) is 3.06. The molecule has 0 unspecified atom stereocenters. The molecule has 4 amide bonds. The van der Waals surface area contributed by atoms with Crippen molar-refractivity contribution in [2.75, 3.05) is 13.2 Å². The van der Waals surface area contributed by atoms with E-state index in [0.29, 0.717) is 5.56 Å². The zero-order valence-electron chi connectivity index (χ0n) is 12.5. The van der Waals surface area contributed by atoms with E-state index in [1.807, 2.05) is 0 Å². The lowest BCUT2D eigenvalue weighted by Crippen LogP contribution is -2.54. The lowest BCUT2D eigenvalue weighted by atomic mass is 10.1. The zero-order valence-corrected chi connectivity index (χ0v) is 12.5. The number of carboxylic acids is 1. The number of urea groups is 1. The molecule has 1 N–H and O–H groups in total. The van der Waals surface area contributed by atoms with Crippen LogP contribution in [0.3, 0.4) is 0 Å². The number of barbiturate groups is 1. The Bertz CT molecular complexity index is 753. The Morgan fingerprint density at radius 2 is 2.00 bits per heavy atom. The fourth-order valence-electron chi connectivity index (χ4n) is 2.01. The number of carbonyl (C=O) groups excluding carboxylic acids is 4. The van der Waals surface area contributed by atoms with Crippen LogP contribution in [0.4, 0.5) is 4.79 Å². The summed E-state index contributed by atoms with van der Waals surface area (Å²) >= 11 is 0. The van der Waals surface area contributed by atoms with Crippen molar-refractivity contribution < 1.29 is 29.0 Å². The number of hydrogen-bond acceptors (Lipinski definition) is 6. The van der Waals surface area contributed by atoms with Crippen molar-refractivity contribution in [2.45, 2.75) is 0 Å². The number of nitrogens with zero attached hydrogens (tertiary/aromatic N) is 1. The third kappa shape index (κ3) is 3.67. The Hall–Kier alpha value is -3.42. The first-order valence-corrected chi connectivity index (χ1v) is 6.85. The maximum absolute atomic E-state index is 12.3. The van der Waals surface area contributed by atoms with Gasteiger partial charge < -0.3 is 14.6 Å². The number of imide groups is 2. The Morgan fingerprint density at radius 1 is 1.29 bits per heavy atom. The number of nitrogens with one attached hydrogen (secondary N) is 1. The molecule has 1 aliphatic heterocycles. The van der Waals surface area contributed by atoms with Gasteiger partial charge in [-0.1, -0.05) is 24.3 Å². The van der Waals surface area contributed by atoms with Crippen LogP contribution in [-0.2, 0) is 14.4 Å². The number of ether oxygens (including phenoxy) is 1. The molecule has 1 aliphatic rings. The normalized spacial score (nSPS) is 16.1. The summed E-state index contributed by atoms with van der Waals surface area (Å²) in [4.78, 5) is 47.2. The van der Waals surface area contributed by atoms with Crippen molar-refractivity contribution in [2.24, 2.45) is 0 Å². The van der Waals surface area contributed by atoms with Crippen molar-refractivity contribution in [3.05, 3.63) is 48.1 Å². The van der Waals surface area contributed by atoms with Gasteiger partial charge in [-0.05, 0) is 12.1 Å². The molecule has 2 rings (SSSR count). The van der Waals surface area contributed by atoms with Crippen molar-refractivity contribution in [1.29, 1.82) is 0 Å². The minimum atomic E-state index is -1.41. The second-order valence-electron chi connectivity index (χ2n) is 4.72. The first-order chi connectivity index (χ1) is 11.4. The van der Waals surface area contributed by atoms with Gasteiger partial charge in [-0.2, -0.15) is 0 Å². The molecule has 0 aromatic heterocycles. The van der Waals surface area contributed by atoms with Gasteiger partial charge in [0.2, 0.25) is 0 Å². The van der Waals surface area contributed by atoms with E-state index in [9.17, 15) is 24.3 Å². The molecule has 1 fully saturated rings. The van der Waals surface area contributed by atoms with Crippen LogP contribution in [0.5, 0.6) is 5.75 Å². The lowest BCUT2D eigenvalue weighted by Gasteiger charge is -2.25. The van der Waals surface area contributed by atoms with E-state index in [0.717, 1.165) is 4.90 Å². The quantitative estimate of drug-likeness (QED) is 0.426. The molecule has 8 heteroatoms. The molecular weight excluding hydrogens is 316 g/mol. The summed E-state index contributed by atoms with van der Waals surface area (Å²) in [6.07, 6.45) is 2.58. The molecule has 8 nitrogen and oxygen atoms in total. The number of para-hydroxylation sites is 1. The molecule has 24 heavy (non-hydrogen) atoms. The molecule has 124 valence electrons. The van der Waals surface area contributed by atoms with Crippen molar-refractivity contribution >= 4 is 29.9 Å². The van der Waals surface area contributed by atoms with E-state index in [1.165, 1.54) is 24.3 Å². The van der Waals surface area contributed by atoms with Crippen molar-refractivity contribution in [3.63, 3.8) is 0 Å². The highest BCUT2D eigenvalue weighted by molar-refractivity contribution is 6.31. The molecule has 0 spiro atoms. The molecule has 1 aromatic carbocycles. The van der Waals surface area contributed by atoms with Gasteiger partial charge in [-0.15, -0.1) is 6.58 Å². The molecule has 0 radical (unpaired) electrons. The first kappa shape index (κ1) is 16.9. The Balaban J connectivity index is 2.37. The summed E-state index contributed by atoms with van der Waals surface area (Å²) in [7, 11) is 0. The molecule has 0 atom stereocenters. The van der Waals surface area contributed by atoms with E-state index in [4.69, 9.17) is 4.74 Å². The van der Waals surface area contributed by atoms with Gasteiger partial charge in [0.1, 0.15) is 17.9 Å². The maximum Gasteiger partial charge on any atom is 0.331 e. The topological polar surface area (TPSA) is 116 Å². The highest BCUT2D eigenvalue weighted by Crippen LogP contribution is 2.22. The molecule has 1 saturated heterocycles. The standard InChI is InChI=1S/C16H14N2O6/c1-2-7-18-15(22)11(14(21)17-16(18)23)8-10-5-3-4-6-12(10)24-9-13(19)20/h2-6,8H,1,7,9H2,(H,19,20)(H,17,21,23)/p-1/b11-8-. The van der Waals surface area contributed by atoms with Crippen LogP contribution in [0.2, 0.25) is 0 Å². The average Bonchev–Trinajstić information content (AvgIpc) is 2.54. The second kappa shape index (κ2) is 7.23. The van der Waals surface area contributed by atoms with Crippen LogP contribution in [-0.4, -0.2) is 41.9 Å². The van der Waals surface area contributed by atoms with E-state index in [1.54, 1.807) is 12.1 Å². The van der Waals surface area contributed by atoms with Gasteiger partial charge in [0.15, 0.2) is 0 Å². The summed E-state index contributed by atoms with van der Waals surface area (Å²) in [5.41, 5.74) is 0.0334. The largest absolute Gasteiger partial charge is 0.546 e. The van der Waals surface area contributed by atoms with Crippen LogP contribution in [0.15, 0.2) is 42.5 Å². The monoisotopic (exact) mass is 329 g/mol. The van der Waals surface area contributed by atoms with Gasteiger partial charge in [-0.25, -0.2) is 4.79 Å². The maximum atomic E-state index is 12.3. The number of amides is 4. The summed E-state index contributed by atoms with van der Waals surface area (Å²) < 4.78 is 5.06. The fraction of sp³-hybridized carbons (Fsp3) is 0.125. The van der Waals surface area contributed by atoms with Crippen LogP contribution >= 0.6 is 0 Å². The van der Waals surface area contributed by atoms with Crippen molar-refractivity contribution in [3.8, 4) is 5.75 Å². The van der Waals surface area contributed by atoms with E-state index in [-0.39, 0.29) is 17.9 Å². The Labute approximate surface area is 137 Å². The zero-order chi connectivity index (χ0) is 17.7. The van der Waals surface area contributed by atoms with Crippen LogP contribution in [0, 0.1) is 0 Å². The number of aliphatic carboxylic acids is 1. The molecule has 1 aromatic rings. The minimum Gasteiger partial charge on any atom is -0.546 e. The van der Waals surface area contributed by atoms with E-state index < -0.39 is 30.4 Å². The number of carboxylic acid groups (broad SMARTS) is 1. The highest BCUT2D eigenvalue weighted by atomic mass is 16.5. The predicted octanol–water partition coefficient (Wildman–Crippen LogP) is -0.537. The van der Waals surface area contributed by atoms with Crippen LogP contribution in [0.25, 0.3) is 6.08 Å². The molecule has 0 bridgehead atoms. The van der Waals surface area contributed by atoms with Gasteiger partial charge >= 0.3 is 6.03 Å². The van der Waals surface area contributed by atoms with Crippen LogP contribution < -0.4 is 15.2 Å². The molecule has 0 aliphatic carbocycles. The number of hydrogen-bond donors (Lipinski definition) is 1. The van der Waals surface area contributed by atoms with E-state index >= 15 is 0 Å². The van der Waals surface area contributed by atoms with Gasteiger partial charge in [0.25, 0.3) is 11.8 Å². The average molecular weight is 329 g/mol. The number of carbonyl (C=O) groups is 4. The van der Waals surface area contributed by atoms with Gasteiger partial charge in [0.05, 0.1) is 5.97 Å². The highest BCUT2D eigenvalue weighted by Gasteiger charge is 2.35. The fourth-order valence-corrected chi connectivity index (χ4v) is 2.01. The van der Waals surface area contributed by atoms with Crippen LogP contribution in [0.1, 0.15) is 5.56 Å². The summed E-state index contributed by atoms with van der Waals surface area (Å²) in [5, 5.41) is 12.6. The van der Waals surface area contributed by atoms with Gasteiger partial charge in [0, 0.05) is 12.1 Å². The predicted molar refractivity (Wildman–Crippen MR) is 80.4 cm³/mol. The van der Waals surface area contributed by atoms with Crippen molar-refractivity contribution in [1.82, 2.24) is 10.2 Å². The molecule has 1 heterocycles. The number of rotatable bonds is 6. The third-order valence-electron chi connectivity index (χ3n) is 3.06. The molecule has 0 saturated carbocycles. The summed E-state index contributed by atoms with van der Waals surface area (Å²) in [6, 6.07) is 5.40. The van der Waals surface area contributed by atoms with E-state index in [2.05, 4.69) is 11.9 Å². The SMILES string of the molecule is C=CCN1C(=O)NC(=O)/C(=C/c2ccccc2OCC(=O)[O-])C1=O. The first-order valence-electron chi connectivity index (χ1n) is 6.85. The number of benzene rings is 1. The van der Waals surface area contributed by atoms with Gasteiger partial charge in [-0.3, -0.25) is 19.8 Å². The molecular formula is C16H13N2O6-.